The number of amides is 1. The molecule has 164 valence electrons. The SMILES string of the molecule is CCc1ccccc1NC(=O)CSc1nnc(C(C)Oc2ccc(F)cc2F)n1CC. The minimum Gasteiger partial charge on any atom is -0.480 e. The van der Waals surface area contributed by atoms with E-state index in [0.717, 1.165) is 29.8 Å². The molecule has 31 heavy (non-hydrogen) atoms. The number of anilines is 1. The number of thioether (sulfide) groups is 1. The number of carbonyl (C=O) groups is 1. The Kier molecular flexibility index (Phi) is 7.62. The normalized spacial score (nSPS) is 11.9. The maximum atomic E-state index is 13.9. The maximum absolute atomic E-state index is 13.9. The van der Waals surface area contributed by atoms with Crippen LogP contribution in [0.3, 0.4) is 0 Å². The molecular formula is C22H24F2N4O2S. The highest BCUT2D eigenvalue weighted by Crippen LogP contribution is 2.27. The number of carbonyl (C=O) groups excluding carboxylic acids is 1. The highest BCUT2D eigenvalue weighted by atomic mass is 32.2. The van der Waals surface area contributed by atoms with Crippen molar-refractivity contribution in [1.82, 2.24) is 14.8 Å². The third kappa shape index (κ3) is 5.61. The summed E-state index contributed by atoms with van der Waals surface area (Å²) >= 11 is 1.26. The number of aromatic nitrogens is 3. The molecule has 0 aliphatic carbocycles. The highest BCUT2D eigenvalue weighted by molar-refractivity contribution is 7.99. The number of hydrogen-bond acceptors (Lipinski definition) is 5. The zero-order chi connectivity index (χ0) is 22.4. The van der Waals surface area contributed by atoms with E-state index in [1.165, 1.54) is 17.8 Å². The Bertz CT molecular complexity index is 1060. The van der Waals surface area contributed by atoms with Crippen LogP contribution in [0, 0.1) is 11.6 Å². The summed E-state index contributed by atoms with van der Waals surface area (Å²) in [5.74, 6) is -1.01. The fourth-order valence-corrected chi connectivity index (χ4v) is 3.90. The smallest absolute Gasteiger partial charge is 0.234 e. The van der Waals surface area contributed by atoms with Gasteiger partial charge in [0.1, 0.15) is 5.82 Å². The second-order valence-corrected chi connectivity index (χ2v) is 7.71. The van der Waals surface area contributed by atoms with Crippen molar-refractivity contribution in [1.29, 1.82) is 0 Å². The average molecular weight is 447 g/mol. The number of benzene rings is 2. The van der Waals surface area contributed by atoms with E-state index in [0.29, 0.717) is 17.5 Å². The summed E-state index contributed by atoms with van der Waals surface area (Å²) in [5.41, 5.74) is 1.87. The zero-order valence-corrected chi connectivity index (χ0v) is 18.4. The van der Waals surface area contributed by atoms with Crippen LogP contribution < -0.4 is 10.1 Å². The van der Waals surface area contributed by atoms with Crippen LogP contribution in [0.2, 0.25) is 0 Å². The van der Waals surface area contributed by atoms with Crippen molar-refractivity contribution in [3.05, 3.63) is 65.5 Å². The van der Waals surface area contributed by atoms with Crippen LogP contribution in [0.5, 0.6) is 5.75 Å². The van der Waals surface area contributed by atoms with Crippen LogP contribution in [0.4, 0.5) is 14.5 Å². The number of nitrogens with zero attached hydrogens (tertiary/aromatic N) is 3. The molecule has 0 saturated heterocycles. The molecule has 9 heteroatoms. The molecule has 0 saturated carbocycles. The molecule has 1 N–H and O–H groups in total. The summed E-state index contributed by atoms with van der Waals surface area (Å²) in [6, 6.07) is 10.8. The van der Waals surface area contributed by atoms with E-state index < -0.39 is 17.7 Å². The average Bonchev–Trinajstić information content (AvgIpc) is 3.17. The Balaban J connectivity index is 1.66. The minimum absolute atomic E-state index is 0.0669. The number of aryl methyl sites for hydroxylation is 1. The summed E-state index contributed by atoms with van der Waals surface area (Å²) in [5, 5.41) is 11.8. The fraction of sp³-hybridized carbons (Fsp3) is 0.318. The van der Waals surface area contributed by atoms with E-state index >= 15 is 0 Å². The lowest BCUT2D eigenvalue weighted by molar-refractivity contribution is -0.113. The summed E-state index contributed by atoms with van der Waals surface area (Å²) in [6.45, 7) is 6.21. The second-order valence-electron chi connectivity index (χ2n) is 6.77. The van der Waals surface area contributed by atoms with E-state index in [4.69, 9.17) is 4.74 Å². The van der Waals surface area contributed by atoms with Crippen LogP contribution in [0.1, 0.15) is 38.3 Å². The topological polar surface area (TPSA) is 69.0 Å². The summed E-state index contributed by atoms with van der Waals surface area (Å²) < 4.78 is 34.4. The number of hydrogen-bond donors (Lipinski definition) is 1. The van der Waals surface area contributed by atoms with E-state index in [-0.39, 0.29) is 17.4 Å². The number of para-hydroxylation sites is 1. The van der Waals surface area contributed by atoms with Crippen molar-refractivity contribution in [3.8, 4) is 5.75 Å². The first kappa shape index (κ1) is 22.7. The third-order valence-corrected chi connectivity index (χ3v) is 5.59. The molecule has 0 aliphatic rings. The molecule has 3 aromatic rings. The molecule has 0 bridgehead atoms. The Labute approximate surface area is 184 Å². The van der Waals surface area contributed by atoms with Gasteiger partial charge in [-0.1, -0.05) is 36.9 Å². The van der Waals surface area contributed by atoms with Gasteiger partial charge in [-0.15, -0.1) is 10.2 Å². The number of nitrogens with one attached hydrogen (secondary N) is 1. The number of ether oxygens (including phenoxy) is 1. The Morgan fingerprint density at radius 3 is 2.68 bits per heavy atom. The molecule has 0 spiro atoms. The van der Waals surface area contributed by atoms with Crippen molar-refractivity contribution in [3.63, 3.8) is 0 Å². The van der Waals surface area contributed by atoms with Crippen LogP contribution >= 0.6 is 11.8 Å². The van der Waals surface area contributed by atoms with Gasteiger partial charge in [0, 0.05) is 18.3 Å². The molecule has 0 fully saturated rings. The Hall–Kier alpha value is -2.94. The first-order valence-electron chi connectivity index (χ1n) is 9.98. The predicted octanol–water partition coefficient (Wildman–Crippen LogP) is 5.01. The maximum Gasteiger partial charge on any atom is 0.234 e. The fourth-order valence-electron chi connectivity index (χ4n) is 3.09. The van der Waals surface area contributed by atoms with Gasteiger partial charge in [0.2, 0.25) is 5.91 Å². The third-order valence-electron chi connectivity index (χ3n) is 4.63. The van der Waals surface area contributed by atoms with E-state index in [1.54, 1.807) is 6.92 Å². The molecule has 2 aromatic carbocycles. The summed E-state index contributed by atoms with van der Waals surface area (Å²) in [4.78, 5) is 12.4. The molecular weight excluding hydrogens is 422 g/mol. The lowest BCUT2D eigenvalue weighted by atomic mass is 10.1. The van der Waals surface area contributed by atoms with Gasteiger partial charge in [-0.2, -0.15) is 0 Å². The molecule has 0 aliphatic heterocycles. The molecule has 1 aromatic heterocycles. The standard InChI is InChI=1S/C22H24F2N4O2S/c1-4-15-8-6-7-9-18(15)25-20(29)13-31-22-27-26-21(28(22)5-2)14(3)30-19-11-10-16(23)12-17(19)24/h6-12,14H,4-5,13H2,1-3H3,(H,25,29). The van der Waals surface area contributed by atoms with Gasteiger partial charge in [0.05, 0.1) is 5.75 Å². The van der Waals surface area contributed by atoms with Gasteiger partial charge in [-0.3, -0.25) is 4.79 Å². The van der Waals surface area contributed by atoms with Crippen LogP contribution in [-0.4, -0.2) is 26.4 Å². The van der Waals surface area contributed by atoms with Gasteiger partial charge in [0.25, 0.3) is 0 Å². The van der Waals surface area contributed by atoms with Crippen molar-refractivity contribution in [2.75, 3.05) is 11.1 Å². The zero-order valence-electron chi connectivity index (χ0n) is 17.6. The van der Waals surface area contributed by atoms with Crippen molar-refractivity contribution < 1.29 is 18.3 Å². The van der Waals surface area contributed by atoms with Gasteiger partial charge < -0.3 is 14.6 Å². The van der Waals surface area contributed by atoms with E-state index in [1.807, 2.05) is 42.7 Å². The van der Waals surface area contributed by atoms with Gasteiger partial charge >= 0.3 is 0 Å². The summed E-state index contributed by atoms with van der Waals surface area (Å²) in [6.07, 6.45) is 0.205. The second kappa shape index (κ2) is 10.4. The largest absolute Gasteiger partial charge is 0.480 e. The Morgan fingerprint density at radius 2 is 1.97 bits per heavy atom. The van der Waals surface area contributed by atoms with Crippen LogP contribution in [0.15, 0.2) is 47.6 Å². The van der Waals surface area contributed by atoms with E-state index in [2.05, 4.69) is 15.5 Å². The highest BCUT2D eigenvalue weighted by Gasteiger charge is 2.21. The van der Waals surface area contributed by atoms with Crippen LogP contribution in [0.25, 0.3) is 0 Å². The van der Waals surface area contributed by atoms with Gasteiger partial charge in [-0.25, -0.2) is 8.78 Å². The minimum atomic E-state index is -0.784. The Morgan fingerprint density at radius 1 is 1.19 bits per heavy atom. The first-order chi connectivity index (χ1) is 14.9. The molecule has 1 atom stereocenters. The lowest BCUT2D eigenvalue weighted by Crippen LogP contribution is -2.16. The predicted molar refractivity (Wildman–Crippen MR) is 116 cm³/mol. The lowest BCUT2D eigenvalue weighted by Gasteiger charge is -2.16. The molecule has 1 unspecified atom stereocenters. The summed E-state index contributed by atoms with van der Waals surface area (Å²) in [7, 11) is 0. The van der Waals surface area contributed by atoms with Crippen LogP contribution in [-0.2, 0) is 17.8 Å². The molecule has 0 radical (unpaired) electrons. The number of rotatable bonds is 9. The molecule has 1 heterocycles. The van der Waals surface area contributed by atoms with Gasteiger partial charge in [-0.05, 0) is 44.0 Å². The monoisotopic (exact) mass is 446 g/mol. The van der Waals surface area contributed by atoms with Crippen molar-refractivity contribution in [2.45, 2.75) is 45.0 Å². The van der Waals surface area contributed by atoms with Crippen molar-refractivity contribution in [2.24, 2.45) is 0 Å². The van der Waals surface area contributed by atoms with E-state index in [9.17, 15) is 13.6 Å². The molecule has 1 amide bonds. The molecule has 3 rings (SSSR count). The first-order valence-corrected chi connectivity index (χ1v) is 11.0. The van der Waals surface area contributed by atoms with Crippen molar-refractivity contribution >= 4 is 23.4 Å². The van der Waals surface area contributed by atoms with Gasteiger partial charge in [0.15, 0.2) is 28.7 Å². The quantitative estimate of drug-likeness (QED) is 0.468. The number of halogens is 2. The molecule has 6 nitrogen and oxygen atoms in total.